The molecule has 2 rings (SSSR count). The summed E-state index contributed by atoms with van der Waals surface area (Å²) in [5, 5.41) is 3.34. The lowest BCUT2D eigenvalue weighted by atomic mass is 9.99. The van der Waals surface area contributed by atoms with E-state index in [0.29, 0.717) is 18.6 Å². The molecular weight excluding hydrogens is 154 g/mol. The Bertz CT molecular complexity index is 173. The molecule has 68 valence electrons. The van der Waals surface area contributed by atoms with Crippen LogP contribution in [-0.2, 0) is 9.53 Å². The molecule has 0 spiro atoms. The topological polar surface area (TPSA) is 38.3 Å². The van der Waals surface area contributed by atoms with Crippen LogP contribution in [0, 0.1) is 11.8 Å². The largest absolute Gasteiger partial charge is 0.466 e. The summed E-state index contributed by atoms with van der Waals surface area (Å²) in [4.78, 5) is 11.4. The van der Waals surface area contributed by atoms with Gasteiger partial charge in [0.2, 0.25) is 0 Å². The first-order chi connectivity index (χ1) is 5.83. The number of carbonyl (C=O) groups is 1. The average Bonchev–Trinajstić information content (AvgIpc) is 2.62. The van der Waals surface area contributed by atoms with E-state index in [1.807, 2.05) is 6.92 Å². The predicted octanol–water partition coefficient (Wildman–Crippen LogP) is 0.547. The second kappa shape index (κ2) is 3.05. The zero-order chi connectivity index (χ0) is 8.55. The number of esters is 1. The molecule has 3 nitrogen and oxygen atoms in total. The van der Waals surface area contributed by atoms with E-state index in [9.17, 15) is 4.79 Å². The second-order valence-corrected chi connectivity index (χ2v) is 3.63. The minimum atomic E-state index is 0.00926. The van der Waals surface area contributed by atoms with E-state index in [4.69, 9.17) is 4.74 Å². The smallest absolute Gasteiger partial charge is 0.310 e. The molecule has 1 aliphatic heterocycles. The summed E-state index contributed by atoms with van der Waals surface area (Å²) in [7, 11) is 0. The van der Waals surface area contributed by atoms with Gasteiger partial charge < -0.3 is 10.1 Å². The number of piperidine rings is 1. The minimum Gasteiger partial charge on any atom is -0.466 e. The predicted molar refractivity (Wildman–Crippen MR) is 44.6 cm³/mol. The lowest BCUT2D eigenvalue weighted by Gasteiger charge is -2.12. The van der Waals surface area contributed by atoms with E-state index in [-0.39, 0.29) is 11.9 Å². The molecule has 3 unspecified atom stereocenters. The standard InChI is InChI=1S/C9H15NO2/c1-2-12-9(11)8-6-3-4-7(8)10-5-6/h6-8,10H,2-5H2,1H3. The molecule has 0 aromatic rings. The molecule has 2 fully saturated rings. The summed E-state index contributed by atoms with van der Waals surface area (Å²) in [5.74, 6) is 0.717. The maximum Gasteiger partial charge on any atom is 0.310 e. The summed E-state index contributed by atoms with van der Waals surface area (Å²) in [6.07, 6.45) is 2.34. The molecule has 0 amide bonds. The van der Waals surface area contributed by atoms with Gasteiger partial charge in [-0.05, 0) is 32.2 Å². The highest BCUT2D eigenvalue weighted by molar-refractivity contribution is 5.74. The van der Waals surface area contributed by atoms with Crippen LogP contribution < -0.4 is 5.32 Å². The first kappa shape index (κ1) is 8.05. The number of fused-ring (bicyclic) bond motifs is 2. The minimum absolute atomic E-state index is 0.00926. The van der Waals surface area contributed by atoms with Crippen molar-refractivity contribution < 1.29 is 9.53 Å². The Morgan fingerprint density at radius 2 is 2.42 bits per heavy atom. The van der Waals surface area contributed by atoms with Gasteiger partial charge in [0.05, 0.1) is 12.5 Å². The Morgan fingerprint density at radius 3 is 2.83 bits per heavy atom. The summed E-state index contributed by atoms with van der Waals surface area (Å²) >= 11 is 0. The molecule has 1 saturated heterocycles. The first-order valence-electron chi connectivity index (χ1n) is 4.73. The van der Waals surface area contributed by atoms with E-state index < -0.39 is 0 Å². The third-order valence-electron chi connectivity index (χ3n) is 2.99. The van der Waals surface area contributed by atoms with Crippen LogP contribution in [0.15, 0.2) is 0 Å². The van der Waals surface area contributed by atoms with Gasteiger partial charge in [0.15, 0.2) is 0 Å². The van der Waals surface area contributed by atoms with Crippen molar-refractivity contribution in [2.45, 2.75) is 25.8 Å². The molecule has 1 N–H and O–H groups in total. The zero-order valence-corrected chi connectivity index (χ0v) is 7.38. The number of rotatable bonds is 2. The van der Waals surface area contributed by atoms with E-state index in [1.54, 1.807) is 0 Å². The molecule has 1 aliphatic carbocycles. The van der Waals surface area contributed by atoms with Crippen LogP contribution in [-0.4, -0.2) is 25.2 Å². The van der Waals surface area contributed by atoms with Gasteiger partial charge in [0.1, 0.15) is 0 Å². The highest BCUT2D eigenvalue weighted by Crippen LogP contribution is 2.37. The average molecular weight is 169 g/mol. The first-order valence-corrected chi connectivity index (χ1v) is 4.73. The molecular formula is C9H15NO2. The second-order valence-electron chi connectivity index (χ2n) is 3.63. The summed E-state index contributed by atoms with van der Waals surface area (Å²) < 4.78 is 5.03. The van der Waals surface area contributed by atoms with Crippen molar-refractivity contribution in [3.8, 4) is 0 Å². The third-order valence-corrected chi connectivity index (χ3v) is 2.99. The highest BCUT2D eigenvalue weighted by Gasteiger charge is 2.46. The van der Waals surface area contributed by atoms with E-state index >= 15 is 0 Å². The molecule has 1 saturated carbocycles. The molecule has 2 aliphatic rings. The van der Waals surface area contributed by atoms with E-state index in [2.05, 4.69) is 5.32 Å². The fourth-order valence-electron chi connectivity index (χ4n) is 2.44. The number of nitrogens with one attached hydrogen (secondary N) is 1. The van der Waals surface area contributed by atoms with Gasteiger partial charge in [0, 0.05) is 6.04 Å². The molecule has 3 atom stereocenters. The lowest BCUT2D eigenvalue weighted by molar-refractivity contribution is -0.148. The van der Waals surface area contributed by atoms with Gasteiger partial charge in [-0.15, -0.1) is 0 Å². The van der Waals surface area contributed by atoms with E-state index in [0.717, 1.165) is 13.0 Å². The van der Waals surface area contributed by atoms with Crippen molar-refractivity contribution in [2.75, 3.05) is 13.2 Å². The van der Waals surface area contributed by atoms with Crippen LogP contribution in [0.1, 0.15) is 19.8 Å². The van der Waals surface area contributed by atoms with Crippen molar-refractivity contribution >= 4 is 5.97 Å². The fraction of sp³-hybridized carbons (Fsp3) is 0.889. The van der Waals surface area contributed by atoms with Gasteiger partial charge in [-0.2, -0.15) is 0 Å². The molecule has 12 heavy (non-hydrogen) atoms. The quantitative estimate of drug-likeness (QED) is 0.613. The number of hydrogen-bond donors (Lipinski definition) is 1. The van der Waals surface area contributed by atoms with Crippen LogP contribution in [0.4, 0.5) is 0 Å². The monoisotopic (exact) mass is 169 g/mol. The van der Waals surface area contributed by atoms with Crippen LogP contribution in [0.3, 0.4) is 0 Å². The Labute approximate surface area is 72.5 Å². The number of ether oxygens (including phenoxy) is 1. The van der Waals surface area contributed by atoms with Gasteiger partial charge in [0.25, 0.3) is 0 Å². The molecule has 2 bridgehead atoms. The lowest BCUT2D eigenvalue weighted by Crippen LogP contribution is -2.30. The third kappa shape index (κ3) is 1.12. The van der Waals surface area contributed by atoms with Gasteiger partial charge in [-0.25, -0.2) is 0 Å². The molecule has 3 heteroatoms. The summed E-state index contributed by atoms with van der Waals surface area (Å²) in [5.41, 5.74) is 0. The number of carbonyl (C=O) groups excluding carboxylic acids is 1. The normalized spacial score (nSPS) is 38.6. The van der Waals surface area contributed by atoms with Crippen molar-refractivity contribution in [1.29, 1.82) is 0 Å². The van der Waals surface area contributed by atoms with Gasteiger partial charge in [-0.1, -0.05) is 0 Å². The van der Waals surface area contributed by atoms with Crippen LogP contribution >= 0.6 is 0 Å². The Kier molecular flexibility index (Phi) is 2.05. The SMILES string of the molecule is CCOC(=O)C1C2CCC1NC2. The highest BCUT2D eigenvalue weighted by atomic mass is 16.5. The van der Waals surface area contributed by atoms with Crippen molar-refractivity contribution in [3.05, 3.63) is 0 Å². The van der Waals surface area contributed by atoms with Gasteiger partial charge >= 0.3 is 5.97 Å². The molecule has 0 radical (unpaired) electrons. The summed E-state index contributed by atoms with van der Waals surface area (Å²) in [6, 6.07) is 0.411. The maximum atomic E-state index is 11.4. The number of hydrogen-bond acceptors (Lipinski definition) is 3. The Morgan fingerprint density at radius 1 is 1.58 bits per heavy atom. The summed E-state index contributed by atoms with van der Waals surface area (Å²) in [6.45, 7) is 3.38. The van der Waals surface area contributed by atoms with Crippen LogP contribution in [0.5, 0.6) is 0 Å². The van der Waals surface area contributed by atoms with Crippen molar-refractivity contribution in [2.24, 2.45) is 11.8 Å². The van der Waals surface area contributed by atoms with Crippen LogP contribution in [0.2, 0.25) is 0 Å². The van der Waals surface area contributed by atoms with Gasteiger partial charge in [-0.3, -0.25) is 4.79 Å². The molecule has 1 heterocycles. The van der Waals surface area contributed by atoms with Crippen molar-refractivity contribution in [3.63, 3.8) is 0 Å². The zero-order valence-electron chi connectivity index (χ0n) is 7.38. The molecule has 0 aromatic heterocycles. The van der Waals surface area contributed by atoms with Crippen molar-refractivity contribution in [1.82, 2.24) is 5.32 Å². The van der Waals surface area contributed by atoms with Crippen LogP contribution in [0.25, 0.3) is 0 Å². The van der Waals surface area contributed by atoms with E-state index in [1.165, 1.54) is 6.42 Å². The Balaban J connectivity index is 2.00. The Hall–Kier alpha value is -0.570. The molecule has 0 aromatic carbocycles. The fourth-order valence-corrected chi connectivity index (χ4v) is 2.44. The maximum absolute atomic E-state index is 11.4.